The molecule has 0 amide bonds. The molecule has 73 valence electrons. The first-order chi connectivity index (χ1) is 6.57. The molecule has 0 aromatic heterocycles. The largest absolute Gasteiger partial charge is 0.204 e. The van der Waals surface area contributed by atoms with E-state index < -0.39 is 28.8 Å². The first-order valence-electron chi connectivity index (χ1n) is 3.28. The summed E-state index contributed by atoms with van der Waals surface area (Å²) in [5.41, 5.74) is 6.80. The molecule has 0 unspecified atom stereocenters. The van der Waals surface area contributed by atoms with Crippen LogP contribution in [0.15, 0.2) is 11.2 Å². The summed E-state index contributed by atoms with van der Waals surface area (Å²) in [7, 11) is 0. The van der Waals surface area contributed by atoms with Crippen molar-refractivity contribution >= 4 is 0 Å². The minimum absolute atomic E-state index is 0.0676. The molecule has 1 aromatic rings. The van der Waals surface area contributed by atoms with Gasteiger partial charge in [0.05, 0.1) is 6.54 Å². The van der Waals surface area contributed by atoms with E-state index >= 15 is 0 Å². The number of azide groups is 1. The van der Waals surface area contributed by atoms with E-state index in [4.69, 9.17) is 5.53 Å². The van der Waals surface area contributed by atoms with Crippen LogP contribution in [-0.4, -0.2) is 0 Å². The lowest BCUT2D eigenvalue weighted by Crippen LogP contribution is -2.00. The minimum Gasteiger partial charge on any atom is -0.204 e. The maximum Gasteiger partial charge on any atom is 0.165 e. The molecular formula is C7H2F4N3. The molecule has 7 heteroatoms. The van der Waals surface area contributed by atoms with Crippen molar-refractivity contribution in [2.75, 3.05) is 0 Å². The van der Waals surface area contributed by atoms with E-state index in [1.807, 2.05) is 0 Å². The van der Waals surface area contributed by atoms with Gasteiger partial charge >= 0.3 is 0 Å². The number of hydrogen-bond donors (Lipinski definition) is 0. The van der Waals surface area contributed by atoms with Crippen molar-refractivity contribution in [2.45, 2.75) is 0 Å². The van der Waals surface area contributed by atoms with E-state index in [2.05, 4.69) is 10.0 Å². The highest BCUT2D eigenvalue weighted by atomic mass is 19.2. The molecule has 0 aliphatic heterocycles. The fraction of sp³-hybridized carbons (Fsp3) is 0. The molecule has 0 N–H and O–H groups in total. The molecule has 0 saturated heterocycles. The summed E-state index contributed by atoms with van der Waals surface area (Å²) in [5.74, 6) is -6.31. The average molecular weight is 204 g/mol. The Morgan fingerprint density at radius 3 is 2.07 bits per heavy atom. The first kappa shape index (κ1) is 10.3. The number of nitrogens with zero attached hydrogens (tertiary/aromatic N) is 3. The van der Waals surface area contributed by atoms with E-state index in [1.165, 1.54) is 0 Å². The van der Waals surface area contributed by atoms with Gasteiger partial charge in [0.15, 0.2) is 23.3 Å². The zero-order valence-electron chi connectivity index (χ0n) is 6.51. The Kier molecular flexibility index (Phi) is 2.93. The van der Waals surface area contributed by atoms with Gasteiger partial charge in [-0.15, -0.1) is 0 Å². The van der Waals surface area contributed by atoms with Crippen LogP contribution in [0.3, 0.4) is 0 Å². The molecule has 0 heterocycles. The van der Waals surface area contributed by atoms with Crippen LogP contribution < -0.4 is 0 Å². The fourth-order valence-corrected chi connectivity index (χ4v) is 0.789. The van der Waals surface area contributed by atoms with Gasteiger partial charge in [-0.2, -0.15) is 0 Å². The Morgan fingerprint density at radius 2 is 1.64 bits per heavy atom. The van der Waals surface area contributed by atoms with Crippen molar-refractivity contribution in [2.24, 2.45) is 5.11 Å². The monoisotopic (exact) mass is 204 g/mol. The van der Waals surface area contributed by atoms with Gasteiger partial charge in [0.25, 0.3) is 0 Å². The van der Waals surface area contributed by atoms with Gasteiger partial charge in [0.2, 0.25) is 0 Å². The summed E-state index contributed by atoms with van der Waals surface area (Å²) in [6, 6.07) is 0.0676. The van der Waals surface area contributed by atoms with Crippen LogP contribution in [-0.2, 0) is 0 Å². The molecule has 14 heavy (non-hydrogen) atoms. The van der Waals surface area contributed by atoms with Gasteiger partial charge in [-0.1, -0.05) is 5.11 Å². The summed E-state index contributed by atoms with van der Waals surface area (Å²) >= 11 is 0. The highest BCUT2D eigenvalue weighted by molar-refractivity contribution is 5.28. The topological polar surface area (TPSA) is 48.8 Å². The highest BCUT2D eigenvalue weighted by Gasteiger charge is 2.18. The number of halogens is 4. The van der Waals surface area contributed by atoms with E-state index in [9.17, 15) is 17.6 Å². The third-order valence-electron chi connectivity index (χ3n) is 1.38. The fourth-order valence-electron chi connectivity index (χ4n) is 0.789. The highest BCUT2D eigenvalue weighted by Crippen LogP contribution is 2.20. The Morgan fingerprint density at radius 1 is 1.14 bits per heavy atom. The van der Waals surface area contributed by atoms with Crippen molar-refractivity contribution in [1.82, 2.24) is 0 Å². The molecule has 3 nitrogen and oxygen atoms in total. The number of rotatable bonds is 2. The van der Waals surface area contributed by atoms with Crippen LogP contribution in [0.4, 0.5) is 17.6 Å². The van der Waals surface area contributed by atoms with Crippen molar-refractivity contribution in [1.29, 1.82) is 0 Å². The van der Waals surface area contributed by atoms with Crippen molar-refractivity contribution < 1.29 is 17.6 Å². The maximum atomic E-state index is 12.8. The lowest BCUT2D eigenvalue weighted by Gasteiger charge is -2.02. The Hall–Kier alpha value is -1.75. The van der Waals surface area contributed by atoms with E-state index in [1.54, 1.807) is 0 Å². The van der Waals surface area contributed by atoms with E-state index in [0.717, 1.165) is 0 Å². The van der Waals surface area contributed by atoms with Crippen LogP contribution >= 0.6 is 0 Å². The summed E-state index contributed by atoms with van der Waals surface area (Å²) in [6.45, 7) is 0.358. The number of hydrogen-bond acceptors (Lipinski definition) is 1. The predicted octanol–water partition coefficient (Wildman–Crippen LogP) is 3.06. The van der Waals surface area contributed by atoms with Gasteiger partial charge in [-0.05, 0) is 5.53 Å². The quantitative estimate of drug-likeness (QED) is 0.234. The van der Waals surface area contributed by atoms with Crippen LogP contribution in [0.5, 0.6) is 0 Å². The SMILES string of the molecule is [N-]=[N+]=N[CH]c1c(F)c(F)cc(F)c1F. The van der Waals surface area contributed by atoms with Crippen LogP contribution in [0, 0.1) is 29.8 Å². The molecule has 0 fully saturated rings. The van der Waals surface area contributed by atoms with Crippen molar-refractivity contribution in [3.05, 3.63) is 51.9 Å². The molecule has 1 aromatic carbocycles. The van der Waals surface area contributed by atoms with Gasteiger partial charge in [0, 0.05) is 16.5 Å². The van der Waals surface area contributed by atoms with Crippen molar-refractivity contribution in [3.63, 3.8) is 0 Å². The van der Waals surface area contributed by atoms with Gasteiger partial charge in [0.1, 0.15) is 0 Å². The summed E-state index contributed by atoms with van der Waals surface area (Å²) in [4.78, 5) is 2.16. The van der Waals surface area contributed by atoms with Crippen LogP contribution in [0.25, 0.3) is 10.4 Å². The second-order valence-corrected chi connectivity index (χ2v) is 2.22. The predicted molar refractivity (Wildman–Crippen MR) is 38.8 cm³/mol. The Labute approximate surface area is 75.6 Å². The van der Waals surface area contributed by atoms with Gasteiger partial charge in [-0.25, -0.2) is 17.6 Å². The Balaban J connectivity index is 3.31. The lowest BCUT2D eigenvalue weighted by atomic mass is 10.2. The van der Waals surface area contributed by atoms with Gasteiger partial charge < -0.3 is 0 Å². The first-order valence-corrected chi connectivity index (χ1v) is 3.28. The van der Waals surface area contributed by atoms with Crippen LogP contribution in [0.1, 0.15) is 5.56 Å². The smallest absolute Gasteiger partial charge is 0.165 e. The molecule has 0 spiro atoms. The third-order valence-corrected chi connectivity index (χ3v) is 1.38. The second kappa shape index (κ2) is 3.97. The average Bonchev–Trinajstić information content (AvgIpc) is 2.15. The van der Waals surface area contributed by atoms with Gasteiger partial charge in [-0.3, -0.25) is 0 Å². The molecule has 1 radical (unpaired) electrons. The zero-order valence-corrected chi connectivity index (χ0v) is 6.51. The number of benzene rings is 1. The molecule has 0 atom stereocenters. The lowest BCUT2D eigenvalue weighted by molar-refractivity contribution is 0.446. The van der Waals surface area contributed by atoms with Crippen molar-refractivity contribution in [3.8, 4) is 0 Å². The Bertz CT molecular complexity index is 386. The zero-order chi connectivity index (χ0) is 10.7. The second-order valence-electron chi connectivity index (χ2n) is 2.22. The molecule has 0 bridgehead atoms. The third kappa shape index (κ3) is 1.77. The summed E-state index contributed by atoms with van der Waals surface area (Å²) < 4.78 is 50.6. The molecule has 0 saturated carbocycles. The van der Waals surface area contributed by atoms with E-state index in [-0.39, 0.29) is 6.07 Å². The molecule has 0 aliphatic rings. The molecule has 1 rings (SSSR count). The van der Waals surface area contributed by atoms with E-state index in [0.29, 0.717) is 6.54 Å². The minimum atomic E-state index is -1.60. The molecule has 0 aliphatic carbocycles. The standard InChI is InChI=1S/C7H2F4N3/c8-4-1-5(9)7(11)3(6(4)10)2-13-14-12/h1-2H. The normalized spacial score (nSPS) is 9.71. The maximum absolute atomic E-state index is 12.8. The summed E-state index contributed by atoms with van der Waals surface area (Å²) in [5, 5.41) is 2.69. The van der Waals surface area contributed by atoms with Crippen LogP contribution in [0.2, 0.25) is 0 Å². The summed E-state index contributed by atoms with van der Waals surface area (Å²) in [6.07, 6.45) is 0. The molecular weight excluding hydrogens is 202 g/mol.